The molecule has 0 saturated carbocycles. The Kier molecular flexibility index (Phi) is 200. The molecule has 1 radical (unpaired) electrons. The molecule has 0 saturated heterocycles. The third-order valence-corrected chi connectivity index (χ3v) is 0.556. The predicted molar refractivity (Wildman–Crippen MR) is 52.6 cm³/mol. The van der Waals surface area contributed by atoms with Gasteiger partial charge in [0.25, 0.3) is 0 Å². The van der Waals surface area contributed by atoms with Gasteiger partial charge in [-0.25, -0.2) is 12.1 Å². The SMILES string of the molecule is C[O-].C[O-].C[O-].[CH3-].[CH3-].[Ti+3].c1cc[cH-]c1. The van der Waals surface area contributed by atoms with Crippen LogP contribution in [0.4, 0.5) is 0 Å². The van der Waals surface area contributed by atoms with Crippen molar-refractivity contribution in [1.29, 1.82) is 0 Å². The van der Waals surface area contributed by atoms with Crippen LogP contribution in [0.5, 0.6) is 0 Å². The zero-order valence-corrected chi connectivity index (χ0v) is 11.2. The second kappa shape index (κ2) is 75.5. The van der Waals surface area contributed by atoms with Gasteiger partial charge in [-0.2, -0.15) is 39.5 Å². The van der Waals surface area contributed by atoms with Gasteiger partial charge >= 0.3 is 21.7 Å². The zero-order chi connectivity index (χ0) is 9.54. The summed E-state index contributed by atoms with van der Waals surface area (Å²) in [7, 11) is 2.25. The summed E-state index contributed by atoms with van der Waals surface area (Å²) in [6.45, 7) is 0. The number of hydrogen-bond acceptors (Lipinski definition) is 3. The third-order valence-electron chi connectivity index (χ3n) is 0.556. The summed E-state index contributed by atoms with van der Waals surface area (Å²) in [6.07, 6.45) is 0. The van der Waals surface area contributed by atoms with Crippen LogP contribution in [0.2, 0.25) is 0 Å². The van der Waals surface area contributed by atoms with Crippen molar-refractivity contribution in [3.8, 4) is 0 Å². The van der Waals surface area contributed by atoms with Crippen molar-refractivity contribution in [1.82, 2.24) is 0 Å². The normalized spacial score (nSPS) is 4.14. The first kappa shape index (κ1) is 37.0. The maximum Gasteiger partial charge on any atom is 3.00 e. The van der Waals surface area contributed by atoms with Crippen LogP contribution in [0, 0.1) is 14.9 Å². The molecule has 0 amide bonds. The topological polar surface area (TPSA) is 69.2 Å². The first-order valence-corrected chi connectivity index (χ1v) is 2.89. The molecule has 85 valence electrons. The van der Waals surface area contributed by atoms with E-state index in [1.54, 1.807) is 0 Å². The molecule has 1 aromatic carbocycles. The average molecular weight is 236 g/mol. The Balaban J connectivity index is -0.0000000161. The molecule has 0 atom stereocenters. The predicted octanol–water partition coefficient (Wildman–Crippen LogP) is -0.767. The molecule has 0 spiro atoms. The van der Waals surface area contributed by atoms with E-state index >= 15 is 0 Å². The van der Waals surface area contributed by atoms with Crippen molar-refractivity contribution in [2.75, 3.05) is 21.3 Å². The Morgan fingerprint density at radius 1 is 0.714 bits per heavy atom. The Bertz CT molecular complexity index is 71.8. The largest absolute Gasteiger partial charge is 3.00 e. The van der Waals surface area contributed by atoms with E-state index in [-0.39, 0.29) is 36.6 Å². The molecule has 4 heteroatoms. The van der Waals surface area contributed by atoms with Crippen molar-refractivity contribution in [3.63, 3.8) is 0 Å². The first-order chi connectivity index (χ1) is 5.50. The molecule has 0 aliphatic carbocycles. The van der Waals surface area contributed by atoms with Crippen molar-refractivity contribution in [2.24, 2.45) is 0 Å². The Morgan fingerprint density at radius 2 is 0.929 bits per heavy atom. The summed E-state index contributed by atoms with van der Waals surface area (Å²) < 4.78 is 0. The maximum atomic E-state index is 8.25. The number of hydrogen-bond donors (Lipinski definition) is 0. The van der Waals surface area contributed by atoms with Gasteiger partial charge in [0, 0.05) is 0 Å². The van der Waals surface area contributed by atoms with E-state index in [4.69, 9.17) is 15.3 Å². The summed E-state index contributed by atoms with van der Waals surface area (Å²) in [5.41, 5.74) is 0. The standard InChI is InChI=1S/C5H5.3CH3O.2CH3.Ti/c1-2-4-5-3-1;3*1-2;;;/h1-5H;3*1H3;2*1H3;/q6*-1;+3. The van der Waals surface area contributed by atoms with E-state index < -0.39 is 0 Å². The number of rotatable bonds is 0. The summed E-state index contributed by atoms with van der Waals surface area (Å²) in [6, 6.07) is 10.0. The molecule has 0 N–H and O–H groups in total. The maximum absolute atomic E-state index is 8.25. The van der Waals surface area contributed by atoms with Gasteiger partial charge in [0.2, 0.25) is 0 Å². The van der Waals surface area contributed by atoms with Gasteiger partial charge in [-0.1, -0.05) is 0 Å². The fourth-order valence-corrected chi connectivity index (χ4v) is 0.321. The van der Waals surface area contributed by atoms with Gasteiger partial charge < -0.3 is 30.2 Å². The molecule has 0 heterocycles. The minimum absolute atomic E-state index is 0. The van der Waals surface area contributed by atoms with Crippen molar-refractivity contribution < 1.29 is 37.0 Å². The Hall–Kier alpha value is -0.0557. The molecule has 0 aliphatic heterocycles. The molecule has 14 heavy (non-hydrogen) atoms. The molecular weight excluding hydrogens is 216 g/mol. The molecule has 0 bridgehead atoms. The molecule has 3 nitrogen and oxygen atoms in total. The molecule has 0 fully saturated rings. The van der Waals surface area contributed by atoms with Crippen molar-refractivity contribution in [3.05, 3.63) is 45.2 Å². The second-order valence-corrected chi connectivity index (χ2v) is 0.962. The minimum atomic E-state index is 0. The molecule has 1 aromatic rings. The molecule has 0 aromatic heterocycles. The Morgan fingerprint density at radius 3 is 1.00 bits per heavy atom. The van der Waals surface area contributed by atoms with E-state index in [1.165, 1.54) is 0 Å². The van der Waals surface area contributed by atoms with Gasteiger partial charge in [0.05, 0.1) is 0 Å². The molecular formula is C10H20O3Ti-3. The quantitative estimate of drug-likeness (QED) is 0.439. The smallest absolute Gasteiger partial charge is 0.857 e. The fourth-order valence-electron chi connectivity index (χ4n) is 0.321. The summed E-state index contributed by atoms with van der Waals surface area (Å²) in [5, 5.41) is 24.8. The summed E-state index contributed by atoms with van der Waals surface area (Å²) in [5.74, 6) is 0. The van der Waals surface area contributed by atoms with Crippen molar-refractivity contribution >= 4 is 0 Å². The molecule has 0 aliphatic rings. The monoisotopic (exact) mass is 236 g/mol. The first-order valence-electron chi connectivity index (χ1n) is 2.89. The Labute approximate surface area is 104 Å². The van der Waals surface area contributed by atoms with Gasteiger partial charge in [0.1, 0.15) is 0 Å². The summed E-state index contributed by atoms with van der Waals surface area (Å²) >= 11 is 0. The van der Waals surface area contributed by atoms with Gasteiger partial charge in [0.15, 0.2) is 0 Å². The van der Waals surface area contributed by atoms with Crippen LogP contribution in [0.25, 0.3) is 0 Å². The van der Waals surface area contributed by atoms with Crippen LogP contribution in [-0.4, -0.2) is 21.3 Å². The van der Waals surface area contributed by atoms with Gasteiger partial charge in [-0.05, 0) is 0 Å². The van der Waals surface area contributed by atoms with E-state index in [1.807, 2.05) is 30.3 Å². The van der Waals surface area contributed by atoms with Crippen molar-refractivity contribution in [2.45, 2.75) is 0 Å². The van der Waals surface area contributed by atoms with Crippen LogP contribution in [0.15, 0.2) is 30.3 Å². The minimum Gasteiger partial charge on any atom is -0.857 e. The van der Waals surface area contributed by atoms with Crippen LogP contribution >= 0.6 is 0 Å². The van der Waals surface area contributed by atoms with E-state index in [0.717, 1.165) is 21.3 Å². The zero-order valence-electron chi connectivity index (χ0n) is 9.61. The van der Waals surface area contributed by atoms with E-state index in [2.05, 4.69) is 0 Å². The molecule has 0 unspecified atom stereocenters. The fraction of sp³-hybridized carbons (Fsp3) is 0.300. The average Bonchev–Trinajstić information content (AvgIpc) is 2.71. The second-order valence-electron chi connectivity index (χ2n) is 0.962. The van der Waals surface area contributed by atoms with E-state index in [9.17, 15) is 0 Å². The van der Waals surface area contributed by atoms with Crippen LogP contribution in [0.1, 0.15) is 0 Å². The van der Waals surface area contributed by atoms with Gasteiger partial charge in [-0.15, -0.1) is 0 Å². The van der Waals surface area contributed by atoms with Crippen LogP contribution in [0.3, 0.4) is 0 Å². The van der Waals surface area contributed by atoms with Crippen LogP contribution < -0.4 is 15.3 Å². The van der Waals surface area contributed by atoms with Gasteiger partial charge in [-0.3, -0.25) is 0 Å². The van der Waals surface area contributed by atoms with Crippen LogP contribution in [-0.2, 0) is 21.7 Å². The molecule has 1 rings (SSSR count). The summed E-state index contributed by atoms with van der Waals surface area (Å²) in [4.78, 5) is 0. The third kappa shape index (κ3) is 58.5. The van der Waals surface area contributed by atoms with E-state index in [0.29, 0.717) is 0 Å².